The lowest BCUT2D eigenvalue weighted by atomic mass is 9.92. The number of carbonyl (C=O) groups is 1. The third kappa shape index (κ3) is 2.85. The zero-order chi connectivity index (χ0) is 19.8. The van der Waals surface area contributed by atoms with Crippen molar-refractivity contribution in [2.45, 2.75) is 32.4 Å². The molecule has 1 atom stereocenters. The first kappa shape index (κ1) is 17.9. The molecule has 0 fully saturated rings. The van der Waals surface area contributed by atoms with E-state index in [9.17, 15) is 19.8 Å². The van der Waals surface area contributed by atoms with E-state index < -0.39 is 11.7 Å². The Morgan fingerprint density at radius 2 is 1.82 bits per heavy atom. The molecule has 28 heavy (non-hydrogen) atoms. The van der Waals surface area contributed by atoms with Gasteiger partial charge in [-0.15, -0.1) is 0 Å². The number of amides is 1. The lowest BCUT2D eigenvalue weighted by Crippen LogP contribution is -2.48. The Hall–Kier alpha value is -3.48. The van der Waals surface area contributed by atoms with Crippen LogP contribution in [0.3, 0.4) is 0 Å². The molecule has 144 valence electrons. The number of aromatic hydroxyl groups is 1. The molecule has 2 aromatic rings. The number of H-pyrrole nitrogens is 1. The van der Waals surface area contributed by atoms with Crippen molar-refractivity contribution in [2.75, 3.05) is 5.32 Å². The van der Waals surface area contributed by atoms with Crippen molar-refractivity contribution in [3.8, 4) is 16.9 Å². The molecular weight excluding hydrogens is 358 g/mol. The third-order valence-corrected chi connectivity index (χ3v) is 5.08. The maximum Gasteiger partial charge on any atom is 0.261 e. The van der Waals surface area contributed by atoms with E-state index in [0.717, 1.165) is 12.8 Å². The zero-order valence-electron chi connectivity index (χ0n) is 15.4. The largest absolute Gasteiger partial charge is 0.507 e. The Morgan fingerprint density at radius 3 is 2.54 bits per heavy atom. The molecule has 0 aliphatic carbocycles. The number of benzene rings is 1. The molecule has 3 heterocycles. The van der Waals surface area contributed by atoms with Crippen LogP contribution in [0.1, 0.15) is 31.7 Å². The van der Waals surface area contributed by atoms with Gasteiger partial charge < -0.3 is 25.8 Å². The van der Waals surface area contributed by atoms with Crippen LogP contribution in [0.15, 0.2) is 52.0 Å². The van der Waals surface area contributed by atoms with Crippen LogP contribution in [0.4, 0.5) is 5.82 Å². The van der Waals surface area contributed by atoms with Gasteiger partial charge in [-0.2, -0.15) is 0 Å². The summed E-state index contributed by atoms with van der Waals surface area (Å²) >= 11 is 0. The van der Waals surface area contributed by atoms with E-state index in [1.165, 1.54) is 0 Å². The Labute approximate surface area is 161 Å². The summed E-state index contributed by atoms with van der Waals surface area (Å²) in [6.07, 6.45) is 3.08. The summed E-state index contributed by atoms with van der Waals surface area (Å²) < 4.78 is 0. The Bertz CT molecular complexity index is 1070. The Kier molecular flexibility index (Phi) is 4.43. The number of pyridine rings is 1. The zero-order valence-corrected chi connectivity index (χ0v) is 15.4. The van der Waals surface area contributed by atoms with E-state index in [4.69, 9.17) is 0 Å². The maximum absolute atomic E-state index is 12.5. The van der Waals surface area contributed by atoms with Gasteiger partial charge >= 0.3 is 0 Å². The molecule has 7 nitrogen and oxygen atoms in total. The molecule has 5 N–H and O–H groups in total. The summed E-state index contributed by atoms with van der Waals surface area (Å²) in [5, 5.41) is 27.3. The number of hydrogen-bond acceptors (Lipinski definition) is 5. The van der Waals surface area contributed by atoms with Gasteiger partial charge in [0.25, 0.3) is 11.5 Å². The number of carbonyl (C=O) groups excluding carboxylic acids is 1. The molecule has 2 aliphatic rings. The van der Waals surface area contributed by atoms with Gasteiger partial charge in [0, 0.05) is 5.57 Å². The first-order chi connectivity index (χ1) is 13.5. The first-order valence-corrected chi connectivity index (χ1v) is 9.27. The second-order valence-corrected chi connectivity index (χ2v) is 6.91. The highest BCUT2D eigenvalue weighted by Gasteiger charge is 2.35. The van der Waals surface area contributed by atoms with Crippen molar-refractivity contribution in [3.05, 3.63) is 63.2 Å². The second kappa shape index (κ2) is 6.92. The van der Waals surface area contributed by atoms with E-state index in [0.29, 0.717) is 34.5 Å². The van der Waals surface area contributed by atoms with Crippen molar-refractivity contribution in [3.63, 3.8) is 0 Å². The van der Waals surface area contributed by atoms with Gasteiger partial charge in [0.05, 0.1) is 16.7 Å². The van der Waals surface area contributed by atoms with Crippen molar-refractivity contribution < 1.29 is 15.0 Å². The smallest absolute Gasteiger partial charge is 0.261 e. The van der Waals surface area contributed by atoms with Crippen LogP contribution in [0.25, 0.3) is 17.2 Å². The summed E-state index contributed by atoms with van der Waals surface area (Å²) in [5.41, 5.74) is 1.46. The molecule has 2 aliphatic heterocycles. The SMILES string of the molecule is CCCCC1=C(O)C2=Cc3c([nH]c(=O)c(-c4ccccc4)c3O)NC2NC1=O. The number of anilines is 1. The minimum atomic E-state index is -0.678. The van der Waals surface area contributed by atoms with Crippen LogP contribution in [0, 0.1) is 0 Å². The lowest BCUT2D eigenvalue weighted by molar-refractivity contribution is -0.118. The van der Waals surface area contributed by atoms with Crippen LogP contribution in [-0.4, -0.2) is 27.3 Å². The highest BCUT2D eigenvalue weighted by molar-refractivity contribution is 5.98. The van der Waals surface area contributed by atoms with Crippen LogP contribution < -0.4 is 16.2 Å². The molecule has 1 aromatic heterocycles. The van der Waals surface area contributed by atoms with Gasteiger partial charge in [0.15, 0.2) is 0 Å². The molecule has 0 radical (unpaired) electrons. The number of unbranched alkanes of at least 4 members (excludes halogenated alkanes) is 1. The molecule has 0 bridgehead atoms. The molecule has 0 spiro atoms. The minimum Gasteiger partial charge on any atom is -0.507 e. The van der Waals surface area contributed by atoms with Crippen molar-refractivity contribution in [1.29, 1.82) is 0 Å². The predicted octanol–water partition coefficient (Wildman–Crippen LogP) is 3.01. The average molecular weight is 379 g/mol. The third-order valence-electron chi connectivity index (χ3n) is 5.08. The summed E-state index contributed by atoms with van der Waals surface area (Å²) in [6, 6.07) is 8.87. The van der Waals surface area contributed by atoms with Crippen LogP contribution in [0.2, 0.25) is 0 Å². The van der Waals surface area contributed by atoms with Gasteiger partial charge in [-0.05, 0) is 24.5 Å². The number of aromatic amines is 1. The number of aromatic nitrogens is 1. The van der Waals surface area contributed by atoms with Gasteiger partial charge in [-0.3, -0.25) is 9.59 Å². The second-order valence-electron chi connectivity index (χ2n) is 6.91. The first-order valence-electron chi connectivity index (χ1n) is 9.27. The number of fused-ring (bicyclic) bond motifs is 2. The molecule has 1 unspecified atom stereocenters. The number of rotatable bonds is 4. The van der Waals surface area contributed by atoms with E-state index in [-0.39, 0.29) is 23.0 Å². The van der Waals surface area contributed by atoms with Gasteiger partial charge in [0.1, 0.15) is 23.5 Å². The van der Waals surface area contributed by atoms with Crippen molar-refractivity contribution >= 4 is 17.8 Å². The lowest BCUT2D eigenvalue weighted by Gasteiger charge is -2.33. The summed E-state index contributed by atoms with van der Waals surface area (Å²) in [7, 11) is 0. The molecule has 7 heteroatoms. The number of aliphatic hydroxyl groups is 1. The van der Waals surface area contributed by atoms with Crippen LogP contribution >= 0.6 is 0 Å². The molecule has 0 saturated carbocycles. The fourth-order valence-corrected chi connectivity index (χ4v) is 3.60. The molecule has 1 aromatic carbocycles. The van der Waals surface area contributed by atoms with Gasteiger partial charge in [-0.1, -0.05) is 43.7 Å². The molecule has 4 rings (SSSR count). The highest BCUT2D eigenvalue weighted by atomic mass is 16.3. The summed E-state index contributed by atoms with van der Waals surface area (Å²) in [6.45, 7) is 2.01. The van der Waals surface area contributed by atoms with E-state index in [1.54, 1.807) is 30.3 Å². The monoisotopic (exact) mass is 379 g/mol. The van der Waals surface area contributed by atoms with Gasteiger partial charge in [0.2, 0.25) is 0 Å². The van der Waals surface area contributed by atoms with Gasteiger partial charge in [-0.25, -0.2) is 0 Å². The Balaban J connectivity index is 1.86. The number of nitrogens with one attached hydrogen (secondary N) is 3. The number of aliphatic hydroxyl groups excluding tert-OH is 1. The fraction of sp³-hybridized carbons (Fsp3) is 0.238. The number of hydrogen-bond donors (Lipinski definition) is 5. The quantitative estimate of drug-likeness (QED) is 0.560. The molecule has 0 saturated heterocycles. The topological polar surface area (TPSA) is 114 Å². The maximum atomic E-state index is 12.5. The van der Waals surface area contributed by atoms with Crippen LogP contribution in [0.5, 0.6) is 5.75 Å². The van der Waals surface area contributed by atoms with E-state index in [1.807, 2.05) is 13.0 Å². The Morgan fingerprint density at radius 1 is 1.07 bits per heavy atom. The predicted molar refractivity (Wildman–Crippen MR) is 107 cm³/mol. The standard InChI is InChI=1S/C21H21N3O4/c1-2-3-9-12-16(25)13-10-14-17(26)15(11-7-5-4-6-8-11)21(28)24-19(14)22-18(13)23-20(12)27/h4-8,10,18,25H,2-3,9H2,1H3,(H,23,27)(H3,22,24,26,28). The van der Waals surface area contributed by atoms with E-state index in [2.05, 4.69) is 15.6 Å². The average Bonchev–Trinajstić information content (AvgIpc) is 2.68. The van der Waals surface area contributed by atoms with Crippen molar-refractivity contribution in [1.82, 2.24) is 10.3 Å². The highest BCUT2D eigenvalue weighted by Crippen LogP contribution is 2.39. The molecular formula is C21H21N3O4. The minimum absolute atomic E-state index is 0.0767. The van der Waals surface area contributed by atoms with Crippen LogP contribution in [-0.2, 0) is 4.79 Å². The van der Waals surface area contributed by atoms with Crippen molar-refractivity contribution in [2.24, 2.45) is 0 Å². The van der Waals surface area contributed by atoms with E-state index >= 15 is 0 Å². The summed E-state index contributed by atoms with van der Waals surface area (Å²) in [5.74, 6) is -0.298. The fourth-order valence-electron chi connectivity index (χ4n) is 3.60. The normalized spacial score (nSPS) is 18.0. The summed E-state index contributed by atoms with van der Waals surface area (Å²) in [4.78, 5) is 27.6. The molecule has 1 amide bonds.